The zero-order valence-corrected chi connectivity index (χ0v) is 13.5. The Morgan fingerprint density at radius 1 is 1.26 bits per heavy atom. The highest BCUT2D eigenvalue weighted by molar-refractivity contribution is 7.07. The smallest absolute Gasteiger partial charge is 0.140 e. The number of rotatable bonds is 2. The second-order valence-corrected chi connectivity index (χ2v) is 6.54. The molecule has 2 aromatic heterocycles. The van der Waals surface area contributed by atoms with E-state index in [1.807, 2.05) is 0 Å². The first-order valence-electron chi connectivity index (χ1n) is 7.53. The number of morpholine rings is 1. The summed E-state index contributed by atoms with van der Waals surface area (Å²) in [4.78, 5) is 10.8. The lowest BCUT2D eigenvalue weighted by Gasteiger charge is -2.37. The molecule has 0 bridgehead atoms. The minimum atomic E-state index is -0.274. The maximum absolute atomic E-state index is 13.7. The van der Waals surface area contributed by atoms with Crippen molar-refractivity contribution in [2.45, 2.75) is 19.1 Å². The van der Waals surface area contributed by atoms with Gasteiger partial charge in [0.05, 0.1) is 11.6 Å². The van der Waals surface area contributed by atoms with Crippen LogP contribution in [0.15, 0.2) is 41.4 Å². The molecule has 0 spiro atoms. The van der Waals surface area contributed by atoms with Gasteiger partial charge in [0.2, 0.25) is 0 Å². The predicted molar refractivity (Wildman–Crippen MR) is 89.3 cm³/mol. The molecule has 1 fully saturated rings. The molecule has 1 saturated heterocycles. The molecule has 1 aromatic carbocycles. The first-order chi connectivity index (χ1) is 11.2. The number of hydrogen-bond donors (Lipinski definition) is 0. The van der Waals surface area contributed by atoms with Crippen LogP contribution in [-0.2, 0) is 4.74 Å². The van der Waals surface area contributed by atoms with Crippen LogP contribution < -0.4 is 4.90 Å². The molecule has 6 heteroatoms. The van der Waals surface area contributed by atoms with Crippen LogP contribution in [0.4, 0.5) is 10.2 Å². The highest BCUT2D eigenvalue weighted by Gasteiger charge is 2.28. The van der Waals surface area contributed by atoms with Gasteiger partial charge in [-0.1, -0.05) is 0 Å². The van der Waals surface area contributed by atoms with E-state index in [-0.39, 0.29) is 18.0 Å². The molecule has 0 saturated carbocycles. The quantitative estimate of drug-likeness (QED) is 0.717. The van der Waals surface area contributed by atoms with Gasteiger partial charge in [0.1, 0.15) is 24.1 Å². The molecule has 2 atom stereocenters. The highest BCUT2D eigenvalue weighted by atomic mass is 32.1. The number of aromatic nitrogens is 2. The molecule has 1 aliphatic rings. The Morgan fingerprint density at radius 2 is 2.17 bits per heavy atom. The van der Waals surface area contributed by atoms with Gasteiger partial charge in [-0.05, 0) is 47.5 Å². The summed E-state index contributed by atoms with van der Waals surface area (Å²) >= 11 is 1.66. The van der Waals surface area contributed by atoms with Gasteiger partial charge in [-0.3, -0.25) is 0 Å². The number of anilines is 1. The van der Waals surface area contributed by atoms with Crippen molar-refractivity contribution in [3.63, 3.8) is 0 Å². The number of nitrogens with zero attached hydrogens (tertiary/aromatic N) is 3. The van der Waals surface area contributed by atoms with Crippen LogP contribution in [0, 0.1) is 5.82 Å². The van der Waals surface area contributed by atoms with Crippen LogP contribution >= 0.6 is 11.3 Å². The third-order valence-electron chi connectivity index (χ3n) is 4.05. The zero-order valence-electron chi connectivity index (χ0n) is 12.6. The summed E-state index contributed by atoms with van der Waals surface area (Å²) in [6.45, 7) is 3.47. The van der Waals surface area contributed by atoms with E-state index in [0.29, 0.717) is 6.54 Å². The maximum Gasteiger partial charge on any atom is 0.140 e. The number of thiophene rings is 1. The largest absolute Gasteiger partial charge is 0.367 e. The topological polar surface area (TPSA) is 38.2 Å². The van der Waals surface area contributed by atoms with Gasteiger partial charge >= 0.3 is 0 Å². The summed E-state index contributed by atoms with van der Waals surface area (Å²) in [5, 5.41) is 4.90. The number of ether oxygens (including phenoxy) is 1. The molecule has 0 radical (unpaired) electrons. The molecule has 4 rings (SSSR count). The van der Waals surface area contributed by atoms with Crippen molar-refractivity contribution in [3.8, 4) is 0 Å². The Kier molecular flexibility index (Phi) is 3.71. The normalized spacial score (nSPS) is 21.7. The van der Waals surface area contributed by atoms with Gasteiger partial charge in [0, 0.05) is 18.5 Å². The van der Waals surface area contributed by atoms with Crippen molar-refractivity contribution in [3.05, 3.63) is 52.7 Å². The fourth-order valence-electron chi connectivity index (χ4n) is 3.03. The number of benzene rings is 1. The van der Waals surface area contributed by atoms with Crippen LogP contribution in [0.2, 0.25) is 0 Å². The van der Waals surface area contributed by atoms with Gasteiger partial charge in [-0.25, -0.2) is 14.4 Å². The zero-order chi connectivity index (χ0) is 15.8. The summed E-state index contributed by atoms with van der Waals surface area (Å²) in [6.07, 6.45) is 1.62. The predicted octanol–water partition coefficient (Wildman–Crippen LogP) is 3.80. The maximum atomic E-state index is 13.7. The lowest BCUT2D eigenvalue weighted by Crippen LogP contribution is -2.43. The van der Waals surface area contributed by atoms with Crippen molar-refractivity contribution in [1.82, 2.24) is 9.97 Å². The fourth-order valence-corrected chi connectivity index (χ4v) is 3.74. The molecule has 0 amide bonds. The molecule has 3 aromatic rings. The molecule has 2 unspecified atom stereocenters. The van der Waals surface area contributed by atoms with E-state index >= 15 is 0 Å². The molecule has 23 heavy (non-hydrogen) atoms. The van der Waals surface area contributed by atoms with Crippen molar-refractivity contribution in [1.29, 1.82) is 0 Å². The van der Waals surface area contributed by atoms with Crippen LogP contribution in [0.1, 0.15) is 18.6 Å². The third-order valence-corrected chi connectivity index (χ3v) is 4.75. The molecular weight excluding hydrogens is 313 g/mol. The van der Waals surface area contributed by atoms with Gasteiger partial charge in [-0.2, -0.15) is 11.3 Å². The van der Waals surface area contributed by atoms with Gasteiger partial charge < -0.3 is 9.64 Å². The Balaban J connectivity index is 1.73. The van der Waals surface area contributed by atoms with Crippen molar-refractivity contribution < 1.29 is 9.13 Å². The number of hydrogen-bond acceptors (Lipinski definition) is 5. The van der Waals surface area contributed by atoms with E-state index in [0.717, 1.165) is 23.3 Å². The van der Waals surface area contributed by atoms with Crippen LogP contribution in [0.25, 0.3) is 10.9 Å². The van der Waals surface area contributed by atoms with E-state index in [2.05, 4.69) is 38.6 Å². The SMILES string of the molecule is CC1CN(c2ncnc3ccc(F)cc23)CC(c2ccsc2)O1. The molecular formula is C17H16FN3OS. The van der Waals surface area contributed by atoms with Gasteiger partial charge in [0.15, 0.2) is 0 Å². The Hall–Kier alpha value is -2.05. The summed E-state index contributed by atoms with van der Waals surface area (Å²) < 4.78 is 19.7. The third kappa shape index (κ3) is 2.80. The molecule has 3 heterocycles. The molecule has 118 valence electrons. The average molecular weight is 329 g/mol. The molecule has 1 aliphatic heterocycles. The highest BCUT2D eigenvalue weighted by Crippen LogP contribution is 2.31. The van der Waals surface area contributed by atoms with E-state index in [4.69, 9.17) is 4.74 Å². The Labute approximate surface area is 137 Å². The van der Waals surface area contributed by atoms with E-state index < -0.39 is 0 Å². The second-order valence-electron chi connectivity index (χ2n) is 5.76. The average Bonchev–Trinajstić information content (AvgIpc) is 3.08. The minimum Gasteiger partial charge on any atom is -0.367 e. The molecule has 4 nitrogen and oxygen atoms in total. The number of halogens is 1. The lowest BCUT2D eigenvalue weighted by atomic mass is 10.1. The number of fused-ring (bicyclic) bond motifs is 1. The lowest BCUT2D eigenvalue weighted by molar-refractivity contribution is -0.0173. The van der Waals surface area contributed by atoms with Gasteiger partial charge in [-0.15, -0.1) is 0 Å². The minimum absolute atomic E-state index is 0.00331. The molecule has 0 aliphatic carbocycles. The summed E-state index contributed by atoms with van der Waals surface area (Å²) in [6, 6.07) is 6.71. The summed E-state index contributed by atoms with van der Waals surface area (Å²) in [5.74, 6) is 0.495. The van der Waals surface area contributed by atoms with Crippen LogP contribution in [0.3, 0.4) is 0 Å². The first kappa shape index (κ1) is 14.5. The summed E-state index contributed by atoms with van der Waals surface area (Å²) in [7, 11) is 0. The van der Waals surface area contributed by atoms with Crippen LogP contribution in [0.5, 0.6) is 0 Å². The van der Waals surface area contributed by atoms with E-state index in [9.17, 15) is 4.39 Å². The van der Waals surface area contributed by atoms with E-state index in [1.54, 1.807) is 17.4 Å². The summed E-state index contributed by atoms with van der Waals surface area (Å²) in [5.41, 5.74) is 1.93. The Morgan fingerprint density at radius 3 is 3.00 bits per heavy atom. The molecule has 0 N–H and O–H groups in total. The first-order valence-corrected chi connectivity index (χ1v) is 8.48. The van der Waals surface area contributed by atoms with Crippen LogP contribution in [-0.4, -0.2) is 29.2 Å². The van der Waals surface area contributed by atoms with Gasteiger partial charge in [0.25, 0.3) is 0 Å². The Bertz CT molecular complexity index is 824. The van der Waals surface area contributed by atoms with E-state index in [1.165, 1.54) is 24.0 Å². The van der Waals surface area contributed by atoms with Crippen molar-refractivity contribution >= 4 is 28.1 Å². The fraction of sp³-hybridized carbons (Fsp3) is 0.294. The monoisotopic (exact) mass is 329 g/mol. The van der Waals surface area contributed by atoms with Crippen molar-refractivity contribution in [2.75, 3.05) is 18.0 Å². The standard InChI is InChI=1S/C17H16FN3OS/c1-11-7-21(8-16(22-11)12-4-5-23-9-12)17-14-6-13(18)2-3-15(14)19-10-20-17/h2-6,9-11,16H,7-8H2,1H3. The van der Waals surface area contributed by atoms with Crippen molar-refractivity contribution in [2.24, 2.45) is 0 Å². The second kappa shape index (κ2) is 5.86.